The van der Waals surface area contributed by atoms with Crippen molar-refractivity contribution in [2.75, 3.05) is 44.3 Å². The molecule has 0 aromatic carbocycles. The van der Waals surface area contributed by atoms with Crippen molar-refractivity contribution in [3.05, 3.63) is 16.3 Å². The molecule has 27 heavy (non-hydrogen) atoms. The first kappa shape index (κ1) is 19.1. The molecule has 6 nitrogen and oxygen atoms in total. The Kier molecular flexibility index (Phi) is 5.92. The maximum atomic E-state index is 9.07. The van der Waals surface area contributed by atoms with Gasteiger partial charge in [0, 0.05) is 18.0 Å². The molecule has 7 heteroatoms. The molecule has 1 atom stereocenters. The Labute approximate surface area is 165 Å². The van der Waals surface area contributed by atoms with Crippen LogP contribution in [0.4, 0.5) is 5.82 Å². The third kappa shape index (κ3) is 4.11. The van der Waals surface area contributed by atoms with Crippen LogP contribution in [0.25, 0.3) is 10.2 Å². The minimum atomic E-state index is 0.0804. The molecule has 0 saturated carbocycles. The molecule has 0 spiro atoms. The zero-order valence-corrected chi connectivity index (χ0v) is 17.2. The first-order valence-corrected chi connectivity index (χ1v) is 10.9. The predicted octanol–water partition coefficient (Wildman–Crippen LogP) is 2.88. The van der Waals surface area contributed by atoms with Crippen LogP contribution < -0.4 is 4.90 Å². The summed E-state index contributed by atoms with van der Waals surface area (Å²) in [5, 5.41) is 10.3. The van der Waals surface area contributed by atoms with Crippen molar-refractivity contribution in [1.82, 2.24) is 14.9 Å². The smallest absolute Gasteiger partial charge is 0.146 e. The predicted molar refractivity (Wildman–Crippen MR) is 110 cm³/mol. The quantitative estimate of drug-likeness (QED) is 0.818. The molecular formula is C20H30N4O2S. The van der Waals surface area contributed by atoms with E-state index in [1.54, 1.807) is 11.3 Å². The number of aromatic nitrogens is 2. The fourth-order valence-corrected chi connectivity index (χ4v) is 5.24. The summed E-state index contributed by atoms with van der Waals surface area (Å²) in [6, 6.07) is 0. The highest BCUT2D eigenvalue weighted by molar-refractivity contribution is 7.18. The van der Waals surface area contributed by atoms with Crippen LogP contribution >= 0.6 is 11.3 Å². The van der Waals surface area contributed by atoms with Crippen molar-refractivity contribution < 1.29 is 9.84 Å². The molecule has 2 aliphatic rings. The lowest BCUT2D eigenvalue weighted by molar-refractivity contribution is 0.0214. The van der Waals surface area contributed by atoms with Crippen LogP contribution in [-0.4, -0.2) is 65.5 Å². The van der Waals surface area contributed by atoms with Crippen molar-refractivity contribution in [1.29, 1.82) is 0 Å². The lowest BCUT2D eigenvalue weighted by Gasteiger charge is -2.34. The summed E-state index contributed by atoms with van der Waals surface area (Å²) in [5.41, 5.74) is 1.30. The molecule has 0 bridgehead atoms. The molecule has 2 saturated heterocycles. The number of likely N-dealkylation sites (tertiary alicyclic amines) is 1. The standard InChI is InChI=1S/C20H30N4O2S/c1-14-15(2)27-20-18(14)19(21-17(22-20)13-23-7-3-4-8-23)24-9-5-6-16(12-24)26-11-10-25/h16,25H,3-13H2,1-2H3. The molecule has 0 amide bonds. The summed E-state index contributed by atoms with van der Waals surface area (Å²) < 4.78 is 5.83. The fraction of sp³-hybridized carbons (Fsp3) is 0.700. The number of thiophene rings is 1. The topological polar surface area (TPSA) is 61.7 Å². The molecule has 2 aromatic heterocycles. The van der Waals surface area contributed by atoms with E-state index in [4.69, 9.17) is 19.8 Å². The number of hydrogen-bond acceptors (Lipinski definition) is 7. The first-order chi connectivity index (χ1) is 13.2. The zero-order chi connectivity index (χ0) is 18.8. The molecule has 4 heterocycles. The number of hydrogen-bond donors (Lipinski definition) is 1. The maximum absolute atomic E-state index is 9.07. The minimum Gasteiger partial charge on any atom is -0.394 e. The van der Waals surface area contributed by atoms with Gasteiger partial charge >= 0.3 is 0 Å². The van der Waals surface area contributed by atoms with E-state index >= 15 is 0 Å². The molecule has 148 valence electrons. The van der Waals surface area contributed by atoms with Crippen molar-refractivity contribution in [2.45, 2.75) is 52.2 Å². The Morgan fingerprint density at radius 1 is 1.15 bits per heavy atom. The fourth-order valence-electron chi connectivity index (χ4n) is 4.20. The molecule has 2 aliphatic heterocycles. The normalized spacial score (nSPS) is 21.4. The zero-order valence-electron chi connectivity index (χ0n) is 16.4. The Balaban J connectivity index is 1.66. The van der Waals surface area contributed by atoms with E-state index in [1.165, 1.54) is 28.7 Å². The van der Waals surface area contributed by atoms with Gasteiger partial charge in [0.25, 0.3) is 0 Å². The van der Waals surface area contributed by atoms with Crippen LogP contribution in [0.2, 0.25) is 0 Å². The van der Waals surface area contributed by atoms with Gasteiger partial charge in [-0.3, -0.25) is 4.90 Å². The van der Waals surface area contributed by atoms with Gasteiger partial charge in [-0.05, 0) is 58.2 Å². The van der Waals surface area contributed by atoms with E-state index in [0.717, 1.165) is 62.0 Å². The van der Waals surface area contributed by atoms with Crippen molar-refractivity contribution in [3.63, 3.8) is 0 Å². The molecule has 0 radical (unpaired) electrons. The van der Waals surface area contributed by atoms with Gasteiger partial charge in [-0.1, -0.05) is 0 Å². The Bertz CT molecular complexity index is 788. The first-order valence-electron chi connectivity index (χ1n) is 10.1. The number of anilines is 1. The molecular weight excluding hydrogens is 360 g/mol. The van der Waals surface area contributed by atoms with E-state index < -0.39 is 0 Å². The summed E-state index contributed by atoms with van der Waals surface area (Å²) in [4.78, 5) is 17.2. The Hall–Kier alpha value is -1.28. The third-order valence-corrected chi connectivity index (χ3v) is 6.84. The largest absolute Gasteiger partial charge is 0.394 e. The number of aliphatic hydroxyl groups excluding tert-OH is 1. The SMILES string of the molecule is Cc1sc2nc(CN3CCCC3)nc(N3CCCC(OCCO)C3)c2c1C. The van der Waals surface area contributed by atoms with Crippen LogP contribution in [0, 0.1) is 13.8 Å². The molecule has 1 unspecified atom stereocenters. The number of aryl methyl sites for hydroxylation is 2. The summed E-state index contributed by atoms with van der Waals surface area (Å²) in [5.74, 6) is 2.02. The average molecular weight is 391 g/mol. The lowest BCUT2D eigenvalue weighted by Crippen LogP contribution is -2.40. The van der Waals surface area contributed by atoms with Crippen LogP contribution in [-0.2, 0) is 11.3 Å². The number of rotatable bonds is 6. The third-order valence-electron chi connectivity index (χ3n) is 5.74. The highest BCUT2D eigenvalue weighted by Crippen LogP contribution is 2.36. The van der Waals surface area contributed by atoms with Gasteiger partial charge in [0.2, 0.25) is 0 Å². The molecule has 1 N–H and O–H groups in total. The summed E-state index contributed by atoms with van der Waals surface area (Å²) in [7, 11) is 0. The minimum absolute atomic E-state index is 0.0804. The van der Waals surface area contributed by atoms with Gasteiger partial charge in [-0.15, -0.1) is 11.3 Å². The van der Waals surface area contributed by atoms with Gasteiger partial charge < -0.3 is 14.7 Å². The van der Waals surface area contributed by atoms with E-state index in [0.29, 0.717) is 6.61 Å². The second-order valence-electron chi connectivity index (χ2n) is 7.71. The summed E-state index contributed by atoms with van der Waals surface area (Å²) in [6.07, 6.45) is 4.86. The molecule has 4 rings (SSSR count). The number of nitrogens with zero attached hydrogens (tertiary/aromatic N) is 4. The van der Waals surface area contributed by atoms with Crippen molar-refractivity contribution >= 4 is 27.4 Å². The van der Waals surface area contributed by atoms with Crippen LogP contribution in [0.5, 0.6) is 0 Å². The number of ether oxygens (including phenoxy) is 1. The number of piperidine rings is 1. The second-order valence-corrected chi connectivity index (χ2v) is 8.92. The average Bonchev–Trinajstić information content (AvgIpc) is 3.28. The number of aliphatic hydroxyl groups is 1. The van der Waals surface area contributed by atoms with Gasteiger partial charge in [0.15, 0.2) is 0 Å². The molecule has 2 fully saturated rings. The number of fused-ring (bicyclic) bond motifs is 1. The van der Waals surface area contributed by atoms with E-state index in [2.05, 4.69) is 23.6 Å². The van der Waals surface area contributed by atoms with Crippen LogP contribution in [0.3, 0.4) is 0 Å². The van der Waals surface area contributed by atoms with E-state index in [1.807, 2.05) is 0 Å². The monoisotopic (exact) mass is 390 g/mol. The van der Waals surface area contributed by atoms with Crippen molar-refractivity contribution in [2.24, 2.45) is 0 Å². The van der Waals surface area contributed by atoms with E-state index in [-0.39, 0.29) is 12.7 Å². The molecule has 2 aromatic rings. The highest BCUT2D eigenvalue weighted by Gasteiger charge is 2.26. The van der Waals surface area contributed by atoms with Gasteiger partial charge in [0.05, 0.1) is 31.2 Å². The van der Waals surface area contributed by atoms with Crippen LogP contribution in [0.1, 0.15) is 41.9 Å². The van der Waals surface area contributed by atoms with Gasteiger partial charge in [-0.25, -0.2) is 9.97 Å². The second kappa shape index (κ2) is 8.39. The lowest BCUT2D eigenvalue weighted by atomic mass is 10.1. The van der Waals surface area contributed by atoms with Gasteiger partial charge in [-0.2, -0.15) is 0 Å². The van der Waals surface area contributed by atoms with Crippen LogP contribution in [0.15, 0.2) is 0 Å². The maximum Gasteiger partial charge on any atom is 0.146 e. The Morgan fingerprint density at radius 3 is 2.74 bits per heavy atom. The molecule has 0 aliphatic carbocycles. The summed E-state index contributed by atoms with van der Waals surface area (Å²) >= 11 is 1.78. The summed E-state index contributed by atoms with van der Waals surface area (Å²) in [6.45, 7) is 9.84. The van der Waals surface area contributed by atoms with Gasteiger partial charge in [0.1, 0.15) is 16.5 Å². The van der Waals surface area contributed by atoms with Crippen molar-refractivity contribution in [3.8, 4) is 0 Å². The highest BCUT2D eigenvalue weighted by atomic mass is 32.1. The Morgan fingerprint density at radius 2 is 1.96 bits per heavy atom. The van der Waals surface area contributed by atoms with E-state index in [9.17, 15) is 0 Å².